The highest BCUT2D eigenvalue weighted by molar-refractivity contribution is 5.39. The summed E-state index contributed by atoms with van der Waals surface area (Å²) in [5.41, 5.74) is 0.600. The molecule has 1 aromatic carbocycles. The first-order valence-electron chi connectivity index (χ1n) is 6.12. The average Bonchev–Trinajstić information content (AvgIpc) is 2.78. The lowest BCUT2D eigenvalue weighted by atomic mass is 10.2. The van der Waals surface area contributed by atoms with Gasteiger partial charge in [-0.2, -0.15) is 5.10 Å². The van der Waals surface area contributed by atoms with Crippen molar-refractivity contribution in [3.8, 4) is 17.6 Å². The topological polar surface area (TPSA) is 69.3 Å². The summed E-state index contributed by atoms with van der Waals surface area (Å²) in [5.74, 6) is 6.05. The number of aliphatic hydroxyl groups excluding tert-OH is 1. The van der Waals surface area contributed by atoms with Gasteiger partial charge in [0.1, 0.15) is 25.3 Å². The third-order valence-electron chi connectivity index (χ3n) is 2.60. The number of aromatic nitrogens is 3. The van der Waals surface area contributed by atoms with E-state index >= 15 is 0 Å². The molecular weight excluding hydrogens is 258 g/mol. The summed E-state index contributed by atoms with van der Waals surface area (Å²) >= 11 is 0. The Bertz CT molecular complexity index is 691. The van der Waals surface area contributed by atoms with Crippen LogP contribution in [0, 0.1) is 11.8 Å². The minimum atomic E-state index is -0.173. The first-order valence-corrected chi connectivity index (χ1v) is 6.12. The maximum Gasteiger partial charge on any atom is 0.345 e. The molecule has 0 bridgehead atoms. The second-order valence-electron chi connectivity index (χ2n) is 4.08. The van der Waals surface area contributed by atoms with E-state index in [9.17, 15) is 4.79 Å². The van der Waals surface area contributed by atoms with Gasteiger partial charge in [0, 0.05) is 12.6 Å². The smallest absolute Gasteiger partial charge is 0.345 e. The highest BCUT2D eigenvalue weighted by Gasteiger charge is 2.01. The molecule has 0 atom stereocenters. The Morgan fingerprint density at radius 2 is 2.30 bits per heavy atom. The molecule has 1 N–H and O–H groups in total. The quantitative estimate of drug-likeness (QED) is 0.796. The molecule has 0 aliphatic rings. The SMILES string of the molecule is Cn1cnn(CCOc2cccc(C#CCO)c2)c1=O. The zero-order valence-corrected chi connectivity index (χ0v) is 11.1. The van der Waals surface area contributed by atoms with Crippen LogP contribution in [0.3, 0.4) is 0 Å². The van der Waals surface area contributed by atoms with Gasteiger partial charge in [0.05, 0.1) is 6.54 Å². The Labute approximate surface area is 116 Å². The normalized spacial score (nSPS) is 9.90. The van der Waals surface area contributed by atoms with E-state index in [-0.39, 0.29) is 12.3 Å². The molecule has 0 amide bonds. The number of hydrogen-bond donors (Lipinski definition) is 1. The number of hydrogen-bond acceptors (Lipinski definition) is 4. The van der Waals surface area contributed by atoms with Gasteiger partial charge < -0.3 is 9.84 Å². The van der Waals surface area contributed by atoms with Gasteiger partial charge in [0.15, 0.2) is 0 Å². The van der Waals surface area contributed by atoms with E-state index in [0.717, 1.165) is 5.56 Å². The van der Waals surface area contributed by atoms with Crippen molar-refractivity contribution in [3.63, 3.8) is 0 Å². The summed E-state index contributed by atoms with van der Waals surface area (Å²) in [6.45, 7) is 0.549. The predicted octanol–water partition coefficient (Wildman–Crippen LogP) is 0.00460. The van der Waals surface area contributed by atoms with E-state index in [1.165, 1.54) is 15.6 Å². The maximum absolute atomic E-state index is 11.5. The van der Waals surface area contributed by atoms with Gasteiger partial charge in [0.25, 0.3) is 0 Å². The largest absolute Gasteiger partial charge is 0.492 e. The summed E-state index contributed by atoms with van der Waals surface area (Å²) in [7, 11) is 1.65. The Kier molecular flexibility index (Phi) is 4.58. The Hall–Kier alpha value is -2.52. The second-order valence-corrected chi connectivity index (χ2v) is 4.08. The molecule has 20 heavy (non-hydrogen) atoms. The first kappa shape index (κ1) is 13.9. The molecule has 6 heteroatoms. The molecule has 0 aliphatic carbocycles. The molecule has 0 aliphatic heterocycles. The van der Waals surface area contributed by atoms with Crippen molar-refractivity contribution < 1.29 is 9.84 Å². The third-order valence-corrected chi connectivity index (χ3v) is 2.60. The molecule has 1 aromatic heterocycles. The van der Waals surface area contributed by atoms with Crippen LogP contribution in [-0.4, -0.2) is 32.7 Å². The molecule has 104 valence electrons. The van der Waals surface area contributed by atoms with Gasteiger partial charge in [-0.05, 0) is 18.2 Å². The summed E-state index contributed by atoms with van der Waals surface area (Å²) in [6.07, 6.45) is 1.47. The summed E-state index contributed by atoms with van der Waals surface area (Å²) in [6, 6.07) is 7.25. The highest BCUT2D eigenvalue weighted by Crippen LogP contribution is 2.12. The zero-order chi connectivity index (χ0) is 14.4. The third kappa shape index (κ3) is 3.49. The van der Waals surface area contributed by atoms with Crippen LogP contribution in [0.4, 0.5) is 0 Å². The van der Waals surface area contributed by atoms with Gasteiger partial charge in [0.2, 0.25) is 0 Å². The molecule has 0 spiro atoms. The molecule has 2 aromatic rings. The minimum Gasteiger partial charge on any atom is -0.492 e. The number of rotatable bonds is 4. The minimum absolute atomic E-state index is 0.170. The second kappa shape index (κ2) is 6.59. The molecule has 6 nitrogen and oxygen atoms in total. The Balaban J connectivity index is 1.94. The zero-order valence-electron chi connectivity index (χ0n) is 11.1. The van der Waals surface area contributed by atoms with E-state index in [4.69, 9.17) is 9.84 Å². The standard InChI is InChI=1S/C14H15N3O3/c1-16-11-15-17(14(16)19)7-9-20-13-6-2-4-12(10-13)5-3-8-18/h2,4,6,10-11,18H,7-9H2,1H3. The molecule has 0 unspecified atom stereocenters. The van der Waals surface area contributed by atoms with Gasteiger partial charge in [-0.3, -0.25) is 4.57 Å². The van der Waals surface area contributed by atoms with Crippen LogP contribution in [0.2, 0.25) is 0 Å². The molecular formula is C14H15N3O3. The van der Waals surface area contributed by atoms with Gasteiger partial charge in [-0.25, -0.2) is 9.48 Å². The number of ether oxygens (including phenoxy) is 1. The van der Waals surface area contributed by atoms with Crippen molar-refractivity contribution in [1.29, 1.82) is 0 Å². The van der Waals surface area contributed by atoms with E-state index in [0.29, 0.717) is 18.9 Å². The number of aliphatic hydroxyl groups is 1. The Morgan fingerprint density at radius 1 is 1.45 bits per heavy atom. The first-order chi connectivity index (χ1) is 9.70. The molecule has 0 radical (unpaired) electrons. The van der Waals surface area contributed by atoms with Gasteiger partial charge >= 0.3 is 5.69 Å². The van der Waals surface area contributed by atoms with E-state index in [1.54, 1.807) is 13.1 Å². The van der Waals surface area contributed by atoms with Crippen molar-refractivity contribution in [1.82, 2.24) is 14.3 Å². The van der Waals surface area contributed by atoms with Gasteiger partial charge in [-0.1, -0.05) is 17.9 Å². The monoisotopic (exact) mass is 273 g/mol. The van der Waals surface area contributed by atoms with Crippen molar-refractivity contribution in [3.05, 3.63) is 46.6 Å². The fraction of sp³-hybridized carbons (Fsp3) is 0.286. The number of nitrogens with zero attached hydrogens (tertiary/aromatic N) is 3. The maximum atomic E-state index is 11.5. The predicted molar refractivity (Wildman–Crippen MR) is 73.4 cm³/mol. The van der Waals surface area contributed by atoms with Crippen LogP contribution < -0.4 is 10.4 Å². The van der Waals surface area contributed by atoms with Crippen molar-refractivity contribution in [2.75, 3.05) is 13.2 Å². The lowest BCUT2D eigenvalue weighted by Crippen LogP contribution is -2.25. The molecule has 0 saturated heterocycles. The van der Waals surface area contributed by atoms with Crippen molar-refractivity contribution in [2.45, 2.75) is 6.54 Å². The highest BCUT2D eigenvalue weighted by atomic mass is 16.5. The number of aryl methyl sites for hydroxylation is 1. The molecule has 0 fully saturated rings. The van der Waals surface area contributed by atoms with Crippen LogP contribution in [0.25, 0.3) is 0 Å². The van der Waals surface area contributed by atoms with Crippen LogP contribution in [0.5, 0.6) is 5.75 Å². The van der Waals surface area contributed by atoms with E-state index < -0.39 is 0 Å². The van der Waals surface area contributed by atoms with E-state index in [2.05, 4.69) is 16.9 Å². The van der Waals surface area contributed by atoms with Crippen LogP contribution in [-0.2, 0) is 13.6 Å². The summed E-state index contributed by atoms with van der Waals surface area (Å²) in [5, 5.41) is 12.6. The van der Waals surface area contributed by atoms with Crippen LogP contribution in [0.1, 0.15) is 5.56 Å². The fourth-order valence-electron chi connectivity index (χ4n) is 1.63. The van der Waals surface area contributed by atoms with Crippen molar-refractivity contribution >= 4 is 0 Å². The van der Waals surface area contributed by atoms with E-state index in [1.807, 2.05) is 18.2 Å². The van der Waals surface area contributed by atoms with Crippen LogP contribution in [0.15, 0.2) is 35.4 Å². The lowest BCUT2D eigenvalue weighted by Gasteiger charge is -2.05. The average molecular weight is 273 g/mol. The lowest BCUT2D eigenvalue weighted by molar-refractivity contribution is 0.288. The molecule has 0 saturated carbocycles. The molecule has 1 heterocycles. The van der Waals surface area contributed by atoms with Gasteiger partial charge in [-0.15, -0.1) is 0 Å². The molecule has 2 rings (SSSR count). The fourth-order valence-corrected chi connectivity index (χ4v) is 1.63. The summed E-state index contributed by atoms with van der Waals surface area (Å²) in [4.78, 5) is 11.5. The number of benzene rings is 1. The summed E-state index contributed by atoms with van der Waals surface area (Å²) < 4.78 is 8.31. The van der Waals surface area contributed by atoms with Crippen molar-refractivity contribution in [2.24, 2.45) is 7.05 Å². The van der Waals surface area contributed by atoms with Crippen LogP contribution >= 0.6 is 0 Å². The Morgan fingerprint density at radius 3 is 3.00 bits per heavy atom.